The highest BCUT2D eigenvalue weighted by Gasteiger charge is 2.18. The van der Waals surface area contributed by atoms with E-state index in [1.807, 2.05) is 0 Å². The minimum Gasteiger partial charge on any atom is -0.371 e. The van der Waals surface area contributed by atoms with Crippen LogP contribution in [0.3, 0.4) is 0 Å². The van der Waals surface area contributed by atoms with E-state index in [1.54, 1.807) is 4.90 Å². The lowest BCUT2D eigenvalue weighted by Crippen LogP contribution is -2.33. The third-order valence-electron chi connectivity index (χ3n) is 2.88. The number of carbonyl (C=O) groups is 1. The van der Waals surface area contributed by atoms with Crippen LogP contribution >= 0.6 is 15.9 Å². The maximum Gasteiger partial charge on any atom is 0.241 e. The average molecular weight is 319 g/mol. The van der Waals surface area contributed by atoms with Crippen molar-refractivity contribution in [3.63, 3.8) is 0 Å². The van der Waals surface area contributed by atoms with Crippen LogP contribution < -0.4 is 5.32 Å². The number of anilines is 1. The fourth-order valence-electron chi connectivity index (χ4n) is 1.95. The SMILES string of the molecule is O=C(CNc1c(F)cc(Br)cc1F)N1CCCC1. The van der Waals surface area contributed by atoms with E-state index in [9.17, 15) is 13.6 Å². The van der Waals surface area contributed by atoms with E-state index in [-0.39, 0.29) is 18.1 Å². The molecule has 1 saturated heterocycles. The second-order valence-corrected chi connectivity index (χ2v) is 5.10. The van der Waals surface area contributed by atoms with Crippen molar-refractivity contribution in [3.05, 3.63) is 28.2 Å². The van der Waals surface area contributed by atoms with Crippen LogP contribution in [0.1, 0.15) is 12.8 Å². The first-order valence-corrected chi connectivity index (χ1v) is 6.53. The highest BCUT2D eigenvalue weighted by molar-refractivity contribution is 9.10. The molecule has 0 aromatic heterocycles. The Balaban J connectivity index is 1.99. The molecule has 1 amide bonds. The first kappa shape index (κ1) is 13.3. The molecule has 98 valence electrons. The van der Waals surface area contributed by atoms with E-state index in [2.05, 4.69) is 21.2 Å². The highest BCUT2D eigenvalue weighted by Crippen LogP contribution is 2.23. The quantitative estimate of drug-likeness (QED) is 0.929. The smallest absolute Gasteiger partial charge is 0.241 e. The fraction of sp³-hybridized carbons (Fsp3) is 0.417. The lowest BCUT2D eigenvalue weighted by atomic mass is 10.3. The summed E-state index contributed by atoms with van der Waals surface area (Å²) in [6.45, 7) is 1.37. The van der Waals surface area contributed by atoms with Gasteiger partial charge in [0.05, 0.1) is 6.54 Å². The number of carbonyl (C=O) groups excluding carboxylic acids is 1. The van der Waals surface area contributed by atoms with Crippen molar-refractivity contribution in [3.8, 4) is 0 Å². The summed E-state index contributed by atoms with van der Waals surface area (Å²) >= 11 is 3.00. The van der Waals surface area contributed by atoms with E-state index >= 15 is 0 Å². The van der Waals surface area contributed by atoms with Gasteiger partial charge in [0.1, 0.15) is 17.3 Å². The Hall–Kier alpha value is -1.17. The molecule has 0 bridgehead atoms. The first-order chi connectivity index (χ1) is 8.58. The Kier molecular flexibility index (Phi) is 4.16. The number of amides is 1. The van der Waals surface area contributed by atoms with Crippen LogP contribution in [0.4, 0.5) is 14.5 Å². The molecule has 1 heterocycles. The molecule has 1 aliphatic heterocycles. The molecule has 1 aromatic rings. The summed E-state index contributed by atoms with van der Waals surface area (Å²) in [5, 5.41) is 2.52. The highest BCUT2D eigenvalue weighted by atomic mass is 79.9. The first-order valence-electron chi connectivity index (χ1n) is 5.74. The van der Waals surface area contributed by atoms with Gasteiger partial charge in [-0.15, -0.1) is 0 Å². The van der Waals surface area contributed by atoms with Crippen molar-refractivity contribution in [2.75, 3.05) is 25.0 Å². The molecule has 0 saturated carbocycles. The topological polar surface area (TPSA) is 32.3 Å². The summed E-state index contributed by atoms with van der Waals surface area (Å²) in [6, 6.07) is 2.32. The normalized spacial score (nSPS) is 14.9. The third-order valence-corrected chi connectivity index (χ3v) is 3.34. The lowest BCUT2D eigenvalue weighted by molar-refractivity contribution is -0.128. The third kappa shape index (κ3) is 2.98. The zero-order valence-corrected chi connectivity index (χ0v) is 11.3. The van der Waals surface area contributed by atoms with Gasteiger partial charge in [-0.3, -0.25) is 4.79 Å². The van der Waals surface area contributed by atoms with Crippen LogP contribution in [-0.2, 0) is 4.79 Å². The molecule has 1 N–H and O–H groups in total. The Morgan fingerprint density at radius 3 is 2.39 bits per heavy atom. The number of halogens is 3. The standard InChI is InChI=1S/C12H13BrF2N2O/c13-8-5-9(14)12(10(15)6-8)16-7-11(18)17-3-1-2-4-17/h5-6,16H,1-4,7H2. The molecule has 1 aromatic carbocycles. The molecule has 6 heteroatoms. The molecule has 2 rings (SSSR count). The van der Waals surface area contributed by atoms with Crippen LogP contribution in [0.5, 0.6) is 0 Å². The van der Waals surface area contributed by atoms with Crippen LogP contribution in [0.25, 0.3) is 0 Å². The minimum absolute atomic E-state index is 0.0878. The maximum absolute atomic E-state index is 13.5. The molecule has 0 aliphatic carbocycles. The number of benzene rings is 1. The van der Waals surface area contributed by atoms with E-state index in [0.717, 1.165) is 38.1 Å². The summed E-state index contributed by atoms with van der Waals surface area (Å²) in [6.07, 6.45) is 1.99. The molecule has 0 unspecified atom stereocenters. The van der Waals surface area contributed by atoms with E-state index in [0.29, 0.717) is 4.47 Å². The van der Waals surface area contributed by atoms with Gasteiger partial charge in [-0.1, -0.05) is 15.9 Å². The molecule has 0 atom stereocenters. The summed E-state index contributed by atoms with van der Waals surface area (Å²) < 4.78 is 27.3. The zero-order chi connectivity index (χ0) is 13.1. The predicted octanol–water partition coefficient (Wildman–Crippen LogP) is 2.76. The van der Waals surface area contributed by atoms with Gasteiger partial charge in [-0.25, -0.2) is 8.78 Å². The van der Waals surface area contributed by atoms with Crippen LogP contribution in [-0.4, -0.2) is 30.4 Å². The number of hydrogen-bond donors (Lipinski definition) is 1. The predicted molar refractivity (Wildman–Crippen MR) is 68.4 cm³/mol. The van der Waals surface area contributed by atoms with Crippen molar-refractivity contribution >= 4 is 27.5 Å². The number of rotatable bonds is 3. The van der Waals surface area contributed by atoms with Gasteiger partial charge in [-0.05, 0) is 25.0 Å². The largest absolute Gasteiger partial charge is 0.371 e. The van der Waals surface area contributed by atoms with Gasteiger partial charge >= 0.3 is 0 Å². The zero-order valence-electron chi connectivity index (χ0n) is 9.68. The van der Waals surface area contributed by atoms with Gasteiger partial charge in [0.25, 0.3) is 0 Å². The molecular formula is C12H13BrF2N2O. The van der Waals surface area contributed by atoms with Crippen LogP contribution in [0.15, 0.2) is 16.6 Å². The van der Waals surface area contributed by atoms with Crippen molar-refractivity contribution in [2.24, 2.45) is 0 Å². The van der Waals surface area contributed by atoms with Crippen LogP contribution in [0, 0.1) is 11.6 Å². The summed E-state index contributed by atoms with van der Waals surface area (Å²) in [5.74, 6) is -1.55. The average Bonchev–Trinajstić information content (AvgIpc) is 2.80. The fourth-order valence-corrected chi connectivity index (χ4v) is 2.36. The van der Waals surface area contributed by atoms with Crippen LogP contribution in [0.2, 0.25) is 0 Å². The number of nitrogens with zero attached hydrogens (tertiary/aromatic N) is 1. The van der Waals surface area contributed by atoms with E-state index in [4.69, 9.17) is 0 Å². The molecule has 3 nitrogen and oxygen atoms in total. The number of likely N-dealkylation sites (tertiary alicyclic amines) is 1. The Labute approximate surface area is 112 Å². The van der Waals surface area contributed by atoms with Gasteiger partial charge in [0.15, 0.2) is 0 Å². The van der Waals surface area contributed by atoms with Crippen molar-refractivity contribution in [1.29, 1.82) is 0 Å². The lowest BCUT2D eigenvalue weighted by Gasteiger charge is -2.16. The molecule has 1 fully saturated rings. The summed E-state index contributed by atoms with van der Waals surface area (Å²) in [5.41, 5.74) is -0.259. The maximum atomic E-state index is 13.5. The van der Waals surface area contributed by atoms with Crippen molar-refractivity contribution in [1.82, 2.24) is 4.90 Å². The second kappa shape index (κ2) is 5.65. The van der Waals surface area contributed by atoms with E-state index in [1.165, 1.54) is 0 Å². The van der Waals surface area contributed by atoms with Gasteiger partial charge in [0.2, 0.25) is 5.91 Å². The molecular weight excluding hydrogens is 306 g/mol. The molecule has 18 heavy (non-hydrogen) atoms. The minimum atomic E-state index is -0.712. The van der Waals surface area contributed by atoms with Crippen molar-refractivity contribution < 1.29 is 13.6 Å². The Morgan fingerprint density at radius 2 is 1.83 bits per heavy atom. The van der Waals surface area contributed by atoms with E-state index < -0.39 is 11.6 Å². The second-order valence-electron chi connectivity index (χ2n) is 4.19. The number of hydrogen-bond acceptors (Lipinski definition) is 2. The van der Waals surface area contributed by atoms with Gasteiger partial charge in [-0.2, -0.15) is 0 Å². The van der Waals surface area contributed by atoms with Crippen molar-refractivity contribution in [2.45, 2.75) is 12.8 Å². The summed E-state index contributed by atoms with van der Waals surface area (Å²) in [4.78, 5) is 13.4. The van der Waals surface area contributed by atoms with Gasteiger partial charge in [0, 0.05) is 17.6 Å². The molecule has 0 radical (unpaired) electrons. The molecule has 0 spiro atoms. The Bertz CT molecular complexity index is 438. The Morgan fingerprint density at radius 1 is 1.28 bits per heavy atom. The van der Waals surface area contributed by atoms with Gasteiger partial charge < -0.3 is 10.2 Å². The summed E-state index contributed by atoms with van der Waals surface area (Å²) in [7, 11) is 0. The molecule has 1 aliphatic rings. The monoisotopic (exact) mass is 318 g/mol. The number of nitrogens with one attached hydrogen (secondary N) is 1.